The highest BCUT2D eigenvalue weighted by molar-refractivity contribution is 5.15. The number of nitrogens with one attached hydrogen (secondary N) is 1. The summed E-state index contributed by atoms with van der Waals surface area (Å²) in [5, 5.41) is 10.8. The molecule has 0 heterocycles. The topological polar surface area (TPSA) is 64.4 Å². The fourth-order valence-electron chi connectivity index (χ4n) is 2.17. The van der Waals surface area contributed by atoms with E-state index in [0.29, 0.717) is 13.0 Å². The second-order valence-corrected chi connectivity index (χ2v) is 5.13. The molecule has 5 nitrogen and oxygen atoms in total. The molecule has 116 valence electrons. The Kier molecular flexibility index (Phi) is 6.54. The Hall–Kier alpha value is -2.24. The van der Waals surface area contributed by atoms with Gasteiger partial charge < -0.3 is 0 Å². The second-order valence-electron chi connectivity index (χ2n) is 5.13. The molecule has 0 aliphatic rings. The molecule has 0 amide bonds. The van der Waals surface area contributed by atoms with Crippen LogP contribution in [0.3, 0.4) is 0 Å². The highest BCUT2D eigenvalue weighted by Gasteiger charge is 2.15. The summed E-state index contributed by atoms with van der Waals surface area (Å²) in [5.41, 5.74) is 5.02. The average Bonchev–Trinajstić information content (AvgIpc) is 2.54. The quantitative estimate of drug-likeness (QED) is 0.571. The van der Waals surface area contributed by atoms with E-state index in [4.69, 9.17) is 4.84 Å². The predicted octanol–water partition coefficient (Wildman–Crippen LogP) is 2.99. The highest BCUT2D eigenvalue weighted by Crippen LogP contribution is 2.06. The summed E-state index contributed by atoms with van der Waals surface area (Å²) in [6, 6.07) is 19.3. The zero-order chi connectivity index (χ0) is 15.6. The van der Waals surface area contributed by atoms with E-state index in [2.05, 4.69) is 5.48 Å². The van der Waals surface area contributed by atoms with Gasteiger partial charge in [-0.05, 0) is 24.0 Å². The first kappa shape index (κ1) is 16.1. The Labute approximate surface area is 130 Å². The van der Waals surface area contributed by atoms with Crippen LogP contribution in [0.1, 0.15) is 17.5 Å². The van der Waals surface area contributed by atoms with Crippen LogP contribution in [0.4, 0.5) is 0 Å². The van der Waals surface area contributed by atoms with Crippen molar-refractivity contribution in [3.05, 3.63) is 81.9 Å². The third kappa shape index (κ3) is 6.03. The van der Waals surface area contributed by atoms with Crippen LogP contribution in [0.15, 0.2) is 60.7 Å². The molecule has 0 aliphatic heterocycles. The second kappa shape index (κ2) is 8.92. The van der Waals surface area contributed by atoms with Crippen LogP contribution < -0.4 is 5.48 Å². The SMILES string of the molecule is O=[N+]([O-])C[C@@H](CCc1ccccc1)NOCc1ccccc1. The van der Waals surface area contributed by atoms with Crippen molar-refractivity contribution in [2.45, 2.75) is 25.5 Å². The van der Waals surface area contributed by atoms with Gasteiger partial charge in [-0.2, -0.15) is 5.48 Å². The van der Waals surface area contributed by atoms with Gasteiger partial charge in [0.25, 0.3) is 0 Å². The maximum atomic E-state index is 10.8. The summed E-state index contributed by atoms with van der Waals surface area (Å²) in [4.78, 5) is 15.9. The van der Waals surface area contributed by atoms with E-state index in [1.807, 2.05) is 60.7 Å². The number of aryl methyl sites for hydroxylation is 1. The molecule has 0 fully saturated rings. The molecular formula is C17H20N2O3. The highest BCUT2D eigenvalue weighted by atomic mass is 16.7. The van der Waals surface area contributed by atoms with Gasteiger partial charge in [-0.1, -0.05) is 60.7 Å². The van der Waals surface area contributed by atoms with Crippen molar-refractivity contribution < 1.29 is 9.76 Å². The van der Waals surface area contributed by atoms with Crippen molar-refractivity contribution in [1.29, 1.82) is 0 Å². The minimum absolute atomic E-state index is 0.151. The molecule has 0 aromatic heterocycles. The van der Waals surface area contributed by atoms with E-state index in [-0.39, 0.29) is 17.5 Å². The first-order valence-electron chi connectivity index (χ1n) is 7.31. The van der Waals surface area contributed by atoms with E-state index in [1.165, 1.54) is 5.56 Å². The van der Waals surface area contributed by atoms with Gasteiger partial charge >= 0.3 is 0 Å². The van der Waals surface area contributed by atoms with Gasteiger partial charge in [0.1, 0.15) is 0 Å². The molecule has 0 radical (unpaired) electrons. The molecule has 2 rings (SSSR count). The van der Waals surface area contributed by atoms with E-state index in [1.54, 1.807) is 0 Å². The number of nitrogens with zero attached hydrogens (tertiary/aromatic N) is 1. The summed E-state index contributed by atoms with van der Waals surface area (Å²) in [6.07, 6.45) is 1.43. The lowest BCUT2D eigenvalue weighted by Crippen LogP contribution is -2.36. The van der Waals surface area contributed by atoms with Crippen LogP contribution in [0.5, 0.6) is 0 Å². The fraction of sp³-hybridized carbons (Fsp3) is 0.294. The largest absolute Gasteiger partial charge is 0.297 e. The van der Waals surface area contributed by atoms with E-state index in [0.717, 1.165) is 12.0 Å². The maximum Gasteiger partial charge on any atom is 0.221 e. The Morgan fingerprint density at radius 2 is 1.59 bits per heavy atom. The minimum atomic E-state index is -0.311. The standard InChI is InChI=1S/C17H20N2O3/c20-19(21)13-17(12-11-15-7-3-1-4-8-15)18-22-14-16-9-5-2-6-10-16/h1-10,17-18H,11-14H2/t17-/m1/s1. The van der Waals surface area contributed by atoms with Crippen molar-refractivity contribution >= 4 is 0 Å². The Balaban J connectivity index is 1.79. The molecule has 0 bridgehead atoms. The molecule has 5 heteroatoms. The maximum absolute atomic E-state index is 10.8. The van der Waals surface area contributed by atoms with Gasteiger partial charge in [0.2, 0.25) is 6.54 Å². The Bertz CT molecular complexity index is 561. The van der Waals surface area contributed by atoms with Crippen LogP contribution in [0.25, 0.3) is 0 Å². The third-order valence-electron chi connectivity index (χ3n) is 3.33. The van der Waals surface area contributed by atoms with Crippen LogP contribution in [-0.2, 0) is 17.9 Å². The molecular weight excluding hydrogens is 280 g/mol. The van der Waals surface area contributed by atoms with Gasteiger partial charge in [0, 0.05) is 4.92 Å². The van der Waals surface area contributed by atoms with Gasteiger partial charge in [0.15, 0.2) is 0 Å². The number of hydrogen-bond donors (Lipinski definition) is 1. The lowest BCUT2D eigenvalue weighted by atomic mass is 10.1. The van der Waals surface area contributed by atoms with E-state index >= 15 is 0 Å². The van der Waals surface area contributed by atoms with Gasteiger partial charge in [-0.25, -0.2) is 0 Å². The number of rotatable bonds is 9. The summed E-state index contributed by atoms with van der Waals surface area (Å²) in [5.74, 6) is 0. The zero-order valence-corrected chi connectivity index (χ0v) is 12.4. The van der Waals surface area contributed by atoms with Crippen molar-refractivity contribution in [3.8, 4) is 0 Å². The molecule has 1 atom stereocenters. The monoisotopic (exact) mass is 300 g/mol. The average molecular weight is 300 g/mol. The van der Waals surface area contributed by atoms with Gasteiger partial charge in [-0.3, -0.25) is 15.0 Å². The third-order valence-corrected chi connectivity index (χ3v) is 3.33. The number of benzene rings is 2. The van der Waals surface area contributed by atoms with Crippen LogP contribution in [0.2, 0.25) is 0 Å². The van der Waals surface area contributed by atoms with Crippen LogP contribution >= 0.6 is 0 Å². The normalized spacial score (nSPS) is 12.0. The molecule has 0 spiro atoms. The van der Waals surface area contributed by atoms with Crippen LogP contribution in [0, 0.1) is 10.1 Å². The number of nitro groups is 1. The summed E-state index contributed by atoms with van der Waals surface area (Å²) in [7, 11) is 0. The molecule has 0 unspecified atom stereocenters. The van der Waals surface area contributed by atoms with Crippen molar-refractivity contribution in [1.82, 2.24) is 5.48 Å². The summed E-state index contributed by atoms with van der Waals surface area (Å²) < 4.78 is 0. The minimum Gasteiger partial charge on any atom is -0.297 e. The first-order chi connectivity index (χ1) is 10.7. The summed E-state index contributed by atoms with van der Waals surface area (Å²) in [6.45, 7) is 0.238. The zero-order valence-electron chi connectivity index (χ0n) is 12.4. The van der Waals surface area contributed by atoms with Crippen molar-refractivity contribution in [3.63, 3.8) is 0 Å². The number of hydroxylamine groups is 1. The molecule has 0 saturated heterocycles. The van der Waals surface area contributed by atoms with Gasteiger partial charge in [-0.15, -0.1) is 0 Å². The molecule has 0 saturated carbocycles. The molecule has 2 aromatic rings. The van der Waals surface area contributed by atoms with Crippen LogP contribution in [-0.4, -0.2) is 17.5 Å². The summed E-state index contributed by atoms with van der Waals surface area (Å²) >= 11 is 0. The van der Waals surface area contributed by atoms with Crippen molar-refractivity contribution in [2.24, 2.45) is 0 Å². The molecule has 0 aliphatic carbocycles. The molecule has 22 heavy (non-hydrogen) atoms. The molecule has 2 aromatic carbocycles. The fourth-order valence-corrected chi connectivity index (χ4v) is 2.17. The van der Waals surface area contributed by atoms with Crippen molar-refractivity contribution in [2.75, 3.05) is 6.54 Å². The Morgan fingerprint density at radius 1 is 1.00 bits per heavy atom. The number of hydrogen-bond acceptors (Lipinski definition) is 4. The molecule has 1 N–H and O–H groups in total. The van der Waals surface area contributed by atoms with Gasteiger partial charge in [0.05, 0.1) is 12.6 Å². The lowest BCUT2D eigenvalue weighted by molar-refractivity contribution is -0.485. The lowest BCUT2D eigenvalue weighted by Gasteiger charge is -2.15. The van der Waals surface area contributed by atoms with E-state index in [9.17, 15) is 10.1 Å². The van der Waals surface area contributed by atoms with E-state index < -0.39 is 0 Å². The Morgan fingerprint density at radius 3 is 2.18 bits per heavy atom. The smallest absolute Gasteiger partial charge is 0.221 e. The first-order valence-corrected chi connectivity index (χ1v) is 7.31. The predicted molar refractivity (Wildman–Crippen MR) is 84.8 cm³/mol.